The number of pyridine rings is 1. The van der Waals surface area contributed by atoms with Gasteiger partial charge in [0.2, 0.25) is 0 Å². The molecule has 1 aromatic carbocycles. The number of ether oxygens (including phenoxy) is 1. The molecule has 0 bridgehead atoms. The Hall–Kier alpha value is -4.21. The van der Waals surface area contributed by atoms with E-state index in [9.17, 15) is 14.0 Å². The average Bonchev–Trinajstić information content (AvgIpc) is 3.33. The van der Waals surface area contributed by atoms with Crippen LogP contribution in [0.15, 0.2) is 61.1 Å². The van der Waals surface area contributed by atoms with E-state index in [4.69, 9.17) is 4.74 Å². The molecule has 182 valence electrons. The van der Waals surface area contributed by atoms with E-state index in [1.165, 1.54) is 12.1 Å². The first-order valence-corrected chi connectivity index (χ1v) is 11.3. The summed E-state index contributed by atoms with van der Waals surface area (Å²) in [6.45, 7) is 6.50. The molecule has 0 radical (unpaired) electrons. The van der Waals surface area contributed by atoms with Gasteiger partial charge >= 0.3 is 6.09 Å². The van der Waals surface area contributed by atoms with Crippen LogP contribution in [-0.2, 0) is 11.2 Å². The first kappa shape index (κ1) is 23.9. The molecule has 1 aliphatic heterocycles. The van der Waals surface area contributed by atoms with Crippen LogP contribution >= 0.6 is 0 Å². The fraction of sp³-hybridized carbons (Fsp3) is 0.280. The van der Waals surface area contributed by atoms with E-state index in [0.717, 1.165) is 17.5 Å². The number of benzene rings is 1. The number of aromatic nitrogens is 3. The number of hydrogen-bond donors (Lipinski definition) is 3. The molecular formula is C25H27FN6O3. The summed E-state index contributed by atoms with van der Waals surface area (Å²) in [4.78, 5) is 31.3. The predicted molar refractivity (Wildman–Crippen MR) is 129 cm³/mol. The van der Waals surface area contributed by atoms with Crippen molar-refractivity contribution < 1.29 is 18.7 Å². The number of carbonyl (C=O) groups is 2. The Morgan fingerprint density at radius 2 is 2.17 bits per heavy atom. The van der Waals surface area contributed by atoms with Gasteiger partial charge in [-0.3, -0.25) is 9.89 Å². The second kappa shape index (κ2) is 10.8. The third kappa shape index (κ3) is 6.03. The van der Waals surface area contributed by atoms with E-state index < -0.39 is 6.09 Å². The number of anilines is 1. The zero-order chi connectivity index (χ0) is 24.8. The lowest BCUT2D eigenvalue weighted by Crippen LogP contribution is -2.56. The molecule has 1 saturated heterocycles. The molecule has 3 N–H and O–H groups in total. The summed E-state index contributed by atoms with van der Waals surface area (Å²) in [7, 11) is 0. The lowest BCUT2D eigenvalue weighted by molar-refractivity contribution is 0.0623. The van der Waals surface area contributed by atoms with Crippen LogP contribution in [0.2, 0.25) is 0 Å². The van der Waals surface area contributed by atoms with Crippen LogP contribution in [0.25, 0.3) is 11.3 Å². The number of halogens is 1. The number of likely N-dealkylation sites (tertiary alicyclic amines) is 1. The maximum atomic E-state index is 13.5. The molecule has 3 heterocycles. The van der Waals surface area contributed by atoms with Gasteiger partial charge in [-0.05, 0) is 49.6 Å². The van der Waals surface area contributed by atoms with Gasteiger partial charge in [-0.2, -0.15) is 5.10 Å². The van der Waals surface area contributed by atoms with E-state index in [2.05, 4.69) is 32.4 Å². The number of hydrogen-bond acceptors (Lipinski definition) is 6. The summed E-state index contributed by atoms with van der Waals surface area (Å²) in [5.41, 5.74) is 2.63. The molecule has 1 aliphatic rings. The highest BCUT2D eigenvalue weighted by molar-refractivity contribution is 5.99. The Balaban J connectivity index is 1.44. The van der Waals surface area contributed by atoms with Gasteiger partial charge in [0.25, 0.3) is 5.91 Å². The maximum Gasteiger partial charge on any atom is 0.415 e. The molecule has 3 aromatic rings. The van der Waals surface area contributed by atoms with Crippen molar-refractivity contribution in [2.75, 3.05) is 25.0 Å². The van der Waals surface area contributed by atoms with Gasteiger partial charge in [-0.1, -0.05) is 18.7 Å². The molecular weight excluding hydrogens is 451 g/mol. The van der Waals surface area contributed by atoms with Gasteiger partial charge in [-0.15, -0.1) is 0 Å². The highest BCUT2D eigenvalue weighted by atomic mass is 19.1. The van der Waals surface area contributed by atoms with Crippen molar-refractivity contribution in [2.24, 2.45) is 0 Å². The van der Waals surface area contributed by atoms with Crippen molar-refractivity contribution >= 4 is 17.8 Å². The number of nitrogens with one attached hydrogen (secondary N) is 3. The largest absolute Gasteiger partial charge is 0.416 e. The summed E-state index contributed by atoms with van der Waals surface area (Å²) in [5, 5.41) is 12.8. The Labute approximate surface area is 202 Å². The van der Waals surface area contributed by atoms with Crippen LogP contribution in [0, 0.1) is 5.82 Å². The number of amides is 2. The molecule has 4 rings (SSSR count). The maximum absolute atomic E-state index is 13.5. The van der Waals surface area contributed by atoms with Crippen LogP contribution in [0.5, 0.6) is 0 Å². The highest BCUT2D eigenvalue weighted by Gasteiger charge is 2.33. The Kier molecular flexibility index (Phi) is 7.39. The van der Waals surface area contributed by atoms with Crippen molar-refractivity contribution in [2.45, 2.75) is 25.8 Å². The van der Waals surface area contributed by atoms with Gasteiger partial charge in [0.15, 0.2) is 0 Å². The Bertz CT molecular complexity index is 1210. The van der Waals surface area contributed by atoms with Crippen molar-refractivity contribution in [1.29, 1.82) is 0 Å². The summed E-state index contributed by atoms with van der Waals surface area (Å²) >= 11 is 0. The molecule has 9 nitrogen and oxygen atoms in total. The van der Waals surface area contributed by atoms with Crippen LogP contribution in [0.4, 0.5) is 15.0 Å². The van der Waals surface area contributed by atoms with Crippen molar-refractivity contribution in [3.8, 4) is 11.3 Å². The summed E-state index contributed by atoms with van der Waals surface area (Å²) in [5.74, 6) is 0.122. The van der Waals surface area contributed by atoms with E-state index in [1.54, 1.807) is 42.4 Å². The third-order valence-electron chi connectivity index (χ3n) is 5.67. The number of rotatable bonds is 9. The summed E-state index contributed by atoms with van der Waals surface area (Å²) in [6.07, 6.45) is 4.22. The summed E-state index contributed by atoms with van der Waals surface area (Å²) in [6, 6.07) is 9.69. The molecule has 2 aromatic heterocycles. The lowest BCUT2D eigenvalue weighted by Gasteiger charge is -2.39. The molecule has 1 fully saturated rings. The van der Waals surface area contributed by atoms with E-state index in [-0.39, 0.29) is 24.3 Å². The highest BCUT2D eigenvalue weighted by Crippen LogP contribution is 2.22. The second-order valence-electron chi connectivity index (χ2n) is 8.30. The fourth-order valence-electron chi connectivity index (χ4n) is 3.75. The minimum atomic E-state index is -0.464. The van der Waals surface area contributed by atoms with Gasteiger partial charge < -0.3 is 20.3 Å². The fourth-order valence-corrected chi connectivity index (χ4v) is 3.75. The van der Waals surface area contributed by atoms with Crippen LogP contribution in [0.3, 0.4) is 0 Å². The molecule has 2 amide bonds. The Morgan fingerprint density at radius 3 is 2.86 bits per heavy atom. The average molecular weight is 479 g/mol. The number of allylic oxidation sites excluding steroid dienone is 1. The number of H-pyrrole nitrogens is 1. The van der Waals surface area contributed by atoms with Crippen LogP contribution in [0.1, 0.15) is 29.3 Å². The standard InChI is InChI=1S/C25H27FN6O3/c1-16(2)35-25(34)32-11-9-20(32)15-28-24(33)21-6-7-22(18-13-29-30-14-18)31-23(21)27-10-8-17-4-3-5-19(26)12-17/h3-7,12-14,20H,1,8-11,15H2,2H3,(H,27,31)(H,28,33)(H,29,30)/t20-/m1/s1. The predicted octanol–water partition coefficient (Wildman–Crippen LogP) is 3.74. The minimum Gasteiger partial charge on any atom is -0.416 e. The van der Waals surface area contributed by atoms with Gasteiger partial charge in [0.1, 0.15) is 11.6 Å². The molecule has 0 unspecified atom stereocenters. The smallest absolute Gasteiger partial charge is 0.415 e. The number of nitrogens with zero attached hydrogens (tertiary/aromatic N) is 3. The number of aromatic amines is 1. The monoisotopic (exact) mass is 478 g/mol. The first-order chi connectivity index (χ1) is 16.9. The molecule has 1 atom stereocenters. The van der Waals surface area contributed by atoms with Crippen molar-refractivity contribution in [1.82, 2.24) is 25.4 Å². The van der Waals surface area contributed by atoms with Crippen LogP contribution < -0.4 is 10.6 Å². The van der Waals surface area contributed by atoms with E-state index in [0.29, 0.717) is 42.3 Å². The molecule has 10 heteroatoms. The number of carbonyl (C=O) groups excluding carboxylic acids is 2. The zero-order valence-corrected chi connectivity index (χ0v) is 19.4. The zero-order valence-electron chi connectivity index (χ0n) is 19.4. The quantitative estimate of drug-likeness (QED) is 0.404. The molecule has 0 aliphatic carbocycles. The molecule has 0 saturated carbocycles. The SMILES string of the molecule is C=C(C)OC(=O)N1CC[C@@H]1CNC(=O)c1ccc(-c2cn[nH]c2)nc1NCCc1cccc(F)c1. The Morgan fingerprint density at radius 1 is 1.31 bits per heavy atom. The van der Waals surface area contributed by atoms with Gasteiger partial charge in [-0.25, -0.2) is 14.2 Å². The van der Waals surface area contributed by atoms with E-state index in [1.807, 2.05) is 6.07 Å². The third-order valence-corrected chi connectivity index (χ3v) is 5.67. The summed E-state index contributed by atoms with van der Waals surface area (Å²) < 4.78 is 18.6. The second-order valence-corrected chi connectivity index (χ2v) is 8.30. The van der Waals surface area contributed by atoms with Crippen LogP contribution in [-0.4, -0.2) is 57.8 Å². The van der Waals surface area contributed by atoms with Crippen molar-refractivity contribution in [3.63, 3.8) is 0 Å². The molecule has 0 spiro atoms. The van der Waals surface area contributed by atoms with Crippen molar-refractivity contribution in [3.05, 3.63) is 78.1 Å². The van der Waals surface area contributed by atoms with Gasteiger partial charge in [0.05, 0.1) is 29.3 Å². The first-order valence-electron chi connectivity index (χ1n) is 11.3. The molecule has 35 heavy (non-hydrogen) atoms. The van der Waals surface area contributed by atoms with Gasteiger partial charge in [0, 0.05) is 31.4 Å². The normalized spacial score (nSPS) is 14.7. The topological polar surface area (TPSA) is 112 Å². The minimum absolute atomic E-state index is 0.145. The lowest BCUT2D eigenvalue weighted by atomic mass is 10.0. The van der Waals surface area contributed by atoms with E-state index >= 15 is 0 Å².